The van der Waals surface area contributed by atoms with Crippen molar-refractivity contribution >= 4 is 34.6 Å². The molecule has 0 unspecified atom stereocenters. The number of nitrogens with zero attached hydrogens (tertiary/aromatic N) is 3. The van der Waals surface area contributed by atoms with Crippen molar-refractivity contribution in [1.29, 1.82) is 0 Å². The fourth-order valence-electron chi connectivity index (χ4n) is 4.35. The monoisotopic (exact) mass is 461 g/mol. The number of aromatic nitrogens is 2. The van der Waals surface area contributed by atoms with Gasteiger partial charge in [-0.25, -0.2) is 0 Å². The lowest BCUT2D eigenvalue weighted by molar-refractivity contribution is -0.118. The fraction of sp³-hybridized carbons (Fsp3) is 0.346. The van der Waals surface area contributed by atoms with E-state index in [0.717, 1.165) is 22.6 Å². The zero-order chi connectivity index (χ0) is 23.9. The number of hydrogen-bond donors (Lipinski definition) is 2. The second-order valence-corrected chi connectivity index (χ2v) is 9.41. The van der Waals surface area contributed by atoms with E-state index in [1.165, 1.54) is 17.0 Å². The summed E-state index contributed by atoms with van der Waals surface area (Å²) in [5.74, 6) is -0.0695. The van der Waals surface area contributed by atoms with Gasteiger partial charge in [-0.05, 0) is 80.5 Å². The van der Waals surface area contributed by atoms with Crippen molar-refractivity contribution in [3.8, 4) is 0 Å². The largest absolute Gasteiger partial charge is 0.352 e. The van der Waals surface area contributed by atoms with E-state index in [-0.39, 0.29) is 23.9 Å². The third kappa shape index (κ3) is 4.25. The molecule has 4 rings (SSSR count). The van der Waals surface area contributed by atoms with Crippen LogP contribution in [0, 0.1) is 26.7 Å². The average Bonchev–Trinajstić information content (AvgIpc) is 3.26. The number of carbonyl (C=O) groups is 1. The molecule has 1 aliphatic rings. The first-order valence-corrected chi connectivity index (χ1v) is 11.6. The first-order valence-electron chi connectivity index (χ1n) is 11.2. The Hall–Kier alpha value is -3.19. The van der Waals surface area contributed by atoms with Crippen molar-refractivity contribution in [2.24, 2.45) is 13.0 Å². The first kappa shape index (κ1) is 23.0. The van der Waals surface area contributed by atoms with Gasteiger partial charge in [0.15, 0.2) is 5.11 Å². The molecule has 172 valence electrons. The minimum atomic E-state index is -0.0835. The SMILES string of the molecule is Cc1cc(N2C(=S)N[C@H](c3ccccn3)[C@H]2c2cc(C)n(C)c2C)ccc1NC(=O)C(C)C. The number of benzene rings is 1. The van der Waals surface area contributed by atoms with Gasteiger partial charge in [0.05, 0.1) is 17.8 Å². The van der Waals surface area contributed by atoms with Crippen molar-refractivity contribution in [3.63, 3.8) is 0 Å². The number of thiocarbonyl (C=S) groups is 1. The van der Waals surface area contributed by atoms with Crippen LogP contribution >= 0.6 is 12.2 Å². The molecule has 33 heavy (non-hydrogen) atoms. The molecule has 0 spiro atoms. The van der Waals surface area contributed by atoms with E-state index in [1.807, 2.05) is 57.3 Å². The molecule has 3 aromatic rings. The Morgan fingerprint density at radius 3 is 2.48 bits per heavy atom. The van der Waals surface area contributed by atoms with E-state index in [1.54, 1.807) is 0 Å². The highest BCUT2D eigenvalue weighted by Crippen LogP contribution is 2.43. The van der Waals surface area contributed by atoms with Gasteiger partial charge in [-0.1, -0.05) is 19.9 Å². The maximum Gasteiger partial charge on any atom is 0.226 e. The number of amides is 1. The number of hydrogen-bond acceptors (Lipinski definition) is 3. The van der Waals surface area contributed by atoms with Crippen LogP contribution in [0.3, 0.4) is 0 Å². The third-order valence-corrected chi connectivity index (χ3v) is 6.82. The van der Waals surface area contributed by atoms with Crippen LogP contribution in [0.25, 0.3) is 0 Å². The molecular weight excluding hydrogens is 430 g/mol. The maximum absolute atomic E-state index is 12.2. The molecule has 0 aliphatic carbocycles. The van der Waals surface area contributed by atoms with Crippen molar-refractivity contribution in [2.45, 2.75) is 46.7 Å². The quantitative estimate of drug-likeness (QED) is 0.517. The van der Waals surface area contributed by atoms with Gasteiger partial charge in [-0.2, -0.15) is 0 Å². The van der Waals surface area contributed by atoms with E-state index >= 15 is 0 Å². The Bertz CT molecular complexity index is 1200. The van der Waals surface area contributed by atoms with E-state index < -0.39 is 0 Å². The number of rotatable bonds is 5. The summed E-state index contributed by atoms with van der Waals surface area (Å²) < 4.78 is 2.21. The topological polar surface area (TPSA) is 62.2 Å². The Morgan fingerprint density at radius 1 is 1.15 bits per heavy atom. The Kier molecular flexibility index (Phi) is 6.26. The highest BCUT2D eigenvalue weighted by molar-refractivity contribution is 7.80. The molecular formula is C26H31N5OS. The number of nitrogens with one attached hydrogen (secondary N) is 2. The second-order valence-electron chi connectivity index (χ2n) is 9.03. The molecule has 1 saturated heterocycles. The van der Waals surface area contributed by atoms with E-state index in [4.69, 9.17) is 12.2 Å². The van der Waals surface area contributed by atoms with Crippen LogP contribution in [0.2, 0.25) is 0 Å². The Morgan fingerprint density at radius 2 is 1.91 bits per heavy atom. The Labute approximate surface area is 201 Å². The summed E-state index contributed by atoms with van der Waals surface area (Å²) in [4.78, 5) is 19.0. The summed E-state index contributed by atoms with van der Waals surface area (Å²) in [6.45, 7) is 10.1. The standard InChI is InChI=1S/C26H31N5OS/c1-15(2)25(32)28-21-11-10-19(13-16(21)3)31-24(20-14-17(4)30(6)18(20)5)23(29-26(31)33)22-9-7-8-12-27-22/h7-15,23-24H,1-6H3,(H,28,32)(H,29,33)/t23-,24-/m1/s1. The Balaban J connectivity index is 1.79. The molecule has 1 fully saturated rings. The smallest absolute Gasteiger partial charge is 0.226 e. The molecule has 1 amide bonds. The van der Waals surface area contributed by atoms with Gasteiger partial charge in [0.1, 0.15) is 0 Å². The molecule has 3 heterocycles. The third-order valence-electron chi connectivity index (χ3n) is 6.50. The minimum Gasteiger partial charge on any atom is -0.352 e. The van der Waals surface area contributed by atoms with Gasteiger partial charge in [-0.3, -0.25) is 9.78 Å². The lowest BCUT2D eigenvalue weighted by Crippen LogP contribution is -2.29. The van der Waals surface area contributed by atoms with Gasteiger partial charge in [0.25, 0.3) is 0 Å². The predicted octanol–water partition coefficient (Wildman–Crippen LogP) is 5.12. The van der Waals surface area contributed by atoms with E-state index in [0.29, 0.717) is 5.11 Å². The molecule has 2 N–H and O–H groups in total. The molecule has 7 heteroatoms. The van der Waals surface area contributed by atoms with Gasteiger partial charge < -0.3 is 20.1 Å². The summed E-state index contributed by atoms with van der Waals surface area (Å²) in [5.41, 5.74) is 7.36. The van der Waals surface area contributed by atoms with Crippen molar-refractivity contribution in [1.82, 2.24) is 14.9 Å². The van der Waals surface area contributed by atoms with Gasteiger partial charge >= 0.3 is 0 Å². The van der Waals surface area contributed by atoms with Gasteiger partial charge in [0, 0.05) is 41.9 Å². The predicted molar refractivity (Wildman–Crippen MR) is 137 cm³/mol. The van der Waals surface area contributed by atoms with Crippen molar-refractivity contribution < 1.29 is 4.79 Å². The van der Waals surface area contributed by atoms with Crippen LogP contribution in [0.15, 0.2) is 48.7 Å². The number of aryl methyl sites for hydroxylation is 2. The lowest BCUT2D eigenvalue weighted by atomic mass is 9.96. The number of anilines is 2. The van der Waals surface area contributed by atoms with Crippen LogP contribution < -0.4 is 15.5 Å². The van der Waals surface area contributed by atoms with Gasteiger partial charge in [0.2, 0.25) is 5.91 Å². The summed E-state index contributed by atoms with van der Waals surface area (Å²) >= 11 is 5.85. The molecule has 0 bridgehead atoms. The van der Waals surface area contributed by atoms with E-state index in [9.17, 15) is 4.79 Å². The molecule has 2 atom stereocenters. The van der Waals surface area contributed by atoms with E-state index in [2.05, 4.69) is 58.1 Å². The normalized spacial score (nSPS) is 18.0. The van der Waals surface area contributed by atoms with Crippen LogP contribution in [-0.2, 0) is 11.8 Å². The molecule has 6 nitrogen and oxygen atoms in total. The average molecular weight is 462 g/mol. The van der Waals surface area contributed by atoms with Gasteiger partial charge in [-0.15, -0.1) is 0 Å². The summed E-state index contributed by atoms with van der Waals surface area (Å²) in [6, 6.07) is 14.1. The molecule has 0 saturated carbocycles. The molecule has 1 aliphatic heterocycles. The summed E-state index contributed by atoms with van der Waals surface area (Å²) in [6.07, 6.45) is 1.82. The zero-order valence-corrected chi connectivity index (χ0v) is 20.8. The summed E-state index contributed by atoms with van der Waals surface area (Å²) in [5, 5.41) is 7.20. The minimum absolute atomic E-state index is 0.00712. The van der Waals surface area contributed by atoms with Crippen LogP contribution in [-0.4, -0.2) is 20.6 Å². The zero-order valence-electron chi connectivity index (χ0n) is 20.0. The highest BCUT2D eigenvalue weighted by Gasteiger charge is 2.42. The fourth-order valence-corrected chi connectivity index (χ4v) is 4.69. The molecule has 0 radical (unpaired) electrons. The number of carbonyl (C=O) groups excluding carboxylic acids is 1. The lowest BCUT2D eigenvalue weighted by Gasteiger charge is -2.28. The highest BCUT2D eigenvalue weighted by atomic mass is 32.1. The second kappa shape index (κ2) is 8.98. The van der Waals surface area contributed by atoms with Crippen molar-refractivity contribution in [2.75, 3.05) is 10.2 Å². The van der Waals surface area contributed by atoms with Crippen LogP contribution in [0.4, 0.5) is 11.4 Å². The summed E-state index contributed by atoms with van der Waals surface area (Å²) in [7, 11) is 2.09. The van der Waals surface area contributed by atoms with Crippen molar-refractivity contribution in [3.05, 3.63) is 76.9 Å². The maximum atomic E-state index is 12.2. The molecule has 2 aromatic heterocycles. The van der Waals surface area contributed by atoms with Crippen LogP contribution in [0.1, 0.15) is 54.1 Å². The number of pyridine rings is 1. The first-order chi connectivity index (χ1) is 15.7. The van der Waals surface area contributed by atoms with Crippen LogP contribution in [0.5, 0.6) is 0 Å². The molecule has 1 aromatic carbocycles.